The molecular formula is C10H12N2O3. The van der Waals surface area contributed by atoms with Gasteiger partial charge < -0.3 is 10.5 Å². The second-order valence-corrected chi connectivity index (χ2v) is 3.69. The predicted molar refractivity (Wildman–Crippen MR) is 55.0 cm³/mol. The van der Waals surface area contributed by atoms with Crippen LogP contribution in [0.15, 0.2) is 18.2 Å². The van der Waals surface area contributed by atoms with Gasteiger partial charge in [0.15, 0.2) is 5.75 Å². The summed E-state index contributed by atoms with van der Waals surface area (Å²) in [7, 11) is 1.42. The van der Waals surface area contributed by atoms with Gasteiger partial charge >= 0.3 is 5.69 Å². The van der Waals surface area contributed by atoms with Crippen molar-refractivity contribution in [2.24, 2.45) is 5.73 Å². The maximum atomic E-state index is 10.8. The van der Waals surface area contributed by atoms with Gasteiger partial charge in [0.05, 0.1) is 12.0 Å². The fourth-order valence-electron chi connectivity index (χ4n) is 1.68. The van der Waals surface area contributed by atoms with Crippen molar-refractivity contribution in [3.8, 4) is 5.75 Å². The molecule has 1 aliphatic carbocycles. The normalized spacial score (nSPS) is 23.6. The van der Waals surface area contributed by atoms with Crippen LogP contribution in [0.4, 0.5) is 5.69 Å². The van der Waals surface area contributed by atoms with Crippen LogP contribution in [0, 0.1) is 10.1 Å². The smallest absolute Gasteiger partial charge is 0.311 e. The average molecular weight is 208 g/mol. The minimum Gasteiger partial charge on any atom is -0.490 e. The van der Waals surface area contributed by atoms with Crippen molar-refractivity contribution in [2.75, 3.05) is 7.11 Å². The van der Waals surface area contributed by atoms with Gasteiger partial charge in [-0.15, -0.1) is 0 Å². The van der Waals surface area contributed by atoms with Crippen molar-refractivity contribution in [2.45, 2.75) is 18.4 Å². The third-order valence-corrected chi connectivity index (χ3v) is 2.67. The van der Waals surface area contributed by atoms with Gasteiger partial charge in [0, 0.05) is 18.0 Å². The molecule has 2 unspecified atom stereocenters. The Kier molecular flexibility index (Phi) is 2.32. The monoisotopic (exact) mass is 208 g/mol. The standard InChI is InChI=1S/C10H12N2O3/c1-15-10-3-2-6(7-5-8(7)11)4-9(10)12(13)14/h2-4,7-8H,5,11H2,1H3. The van der Waals surface area contributed by atoms with Gasteiger partial charge in [-0.2, -0.15) is 0 Å². The van der Waals surface area contributed by atoms with Crippen LogP contribution in [0.25, 0.3) is 0 Å². The highest BCUT2D eigenvalue weighted by Crippen LogP contribution is 2.41. The van der Waals surface area contributed by atoms with E-state index in [1.807, 2.05) is 6.07 Å². The lowest BCUT2D eigenvalue weighted by Crippen LogP contribution is -2.01. The lowest BCUT2D eigenvalue weighted by atomic mass is 10.1. The predicted octanol–water partition coefficient (Wildman–Crippen LogP) is 1.42. The summed E-state index contributed by atoms with van der Waals surface area (Å²) in [5.74, 6) is 0.563. The third-order valence-electron chi connectivity index (χ3n) is 2.67. The maximum Gasteiger partial charge on any atom is 0.311 e. The zero-order valence-corrected chi connectivity index (χ0v) is 8.34. The fourth-order valence-corrected chi connectivity index (χ4v) is 1.68. The van der Waals surface area contributed by atoms with Crippen molar-refractivity contribution in [3.05, 3.63) is 33.9 Å². The van der Waals surface area contributed by atoms with E-state index in [-0.39, 0.29) is 23.4 Å². The summed E-state index contributed by atoms with van der Waals surface area (Å²) in [6.07, 6.45) is 0.906. The summed E-state index contributed by atoms with van der Waals surface area (Å²) >= 11 is 0. The van der Waals surface area contributed by atoms with Crippen LogP contribution in [-0.2, 0) is 0 Å². The van der Waals surface area contributed by atoms with Crippen LogP contribution in [0.2, 0.25) is 0 Å². The lowest BCUT2D eigenvalue weighted by Gasteiger charge is -2.03. The number of rotatable bonds is 3. The molecule has 0 spiro atoms. The second kappa shape index (κ2) is 3.51. The molecule has 0 aliphatic heterocycles. The van der Waals surface area contributed by atoms with Gasteiger partial charge in [-0.1, -0.05) is 6.07 Å². The van der Waals surface area contributed by atoms with Crippen LogP contribution < -0.4 is 10.5 Å². The zero-order valence-electron chi connectivity index (χ0n) is 8.34. The van der Waals surface area contributed by atoms with E-state index >= 15 is 0 Å². The van der Waals surface area contributed by atoms with Gasteiger partial charge in [-0.3, -0.25) is 10.1 Å². The molecule has 0 aromatic heterocycles. The molecule has 0 radical (unpaired) electrons. The Labute approximate surface area is 87.0 Å². The van der Waals surface area contributed by atoms with Gasteiger partial charge in [0.25, 0.3) is 0 Å². The SMILES string of the molecule is COc1ccc(C2CC2N)cc1[N+](=O)[O-]. The van der Waals surface area contributed by atoms with Crippen LogP contribution >= 0.6 is 0 Å². The van der Waals surface area contributed by atoms with E-state index in [0.717, 1.165) is 12.0 Å². The van der Waals surface area contributed by atoms with E-state index in [9.17, 15) is 10.1 Å². The van der Waals surface area contributed by atoms with Gasteiger partial charge in [0.2, 0.25) is 0 Å². The second-order valence-electron chi connectivity index (χ2n) is 3.69. The molecule has 1 aliphatic rings. The number of nitrogens with zero attached hydrogens (tertiary/aromatic N) is 1. The molecule has 80 valence electrons. The minimum absolute atomic E-state index is 0.00843. The first kappa shape index (κ1) is 9.92. The number of hydrogen-bond donors (Lipinski definition) is 1. The summed E-state index contributed by atoms with van der Waals surface area (Å²) < 4.78 is 4.92. The topological polar surface area (TPSA) is 78.4 Å². The number of benzene rings is 1. The number of hydrogen-bond acceptors (Lipinski definition) is 4. The maximum absolute atomic E-state index is 10.8. The van der Waals surface area contributed by atoms with Crippen molar-refractivity contribution in [1.82, 2.24) is 0 Å². The van der Waals surface area contributed by atoms with E-state index in [1.165, 1.54) is 7.11 Å². The number of ether oxygens (including phenoxy) is 1. The number of methoxy groups -OCH3 is 1. The highest BCUT2D eigenvalue weighted by atomic mass is 16.6. The molecule has 1 aromatic rings. The quantitative estimate of drug-likeness (QED) is 0.601. The van der Waals surface area contributed by atoms with Crippen LogP contribution in [0.5, 0.6) is 5.75 Å². The lowest BCUT2D eigenvalue weighted by molar-refractivity contribution is -0.385. The minimum atomic E-state index is -0.434. The average Bonchev–Trinajstić information content (AvgIpc) is 2.94. The number of nitrogens with two attached hydrogens (primary N) is 1. The molecule has 5 heteroatoms. The first-order chi connectivity index (χ1) is 7.13. The molecule has 2 rings (SSSR count). The Hall–Kier alpha value is -1.62. The Morgan fingerprint density at radius 2 is 2.27 bits per heavy atom. The molecule has 1 saturated carbocycles. The summed E-state index contributed by atoms with van der Waals surface area (Å²) in [6, 6.07) is 5.16. The Balaban J connectivity index is 2.36. The molecule has 0 saturated heterocycles. The Morgan fingerprint density at radius 3 is 2.73 bits per heavy atom. The van der Waals surface area contributed by atoms with Gasteiger partial charge in [-0.05, 0) is 18.1 Å². The molecule has 1 fully saturated rings. The summed E-state index contributed by atoms with van der Waals surface area (Å²) in [6.45, 7) is 0. The highest BCUT2D eigenvalue weighted by molar-refractivity contribution is 5.50. The molecule has 0 amide bonds. The highest BCUT2D eigenvalue weighted by Gasteiger charge is 2.36. The summed E-state index contributed by atoms with van der Waals surface area (Å²) in [5, 5.41) is 10.8. The molecule has 1 aromatic carbocycles. The van der Waals surface area contributed by atoms with Crippen LogP contribution in [0.3, 0.4) is 0 Å². The number of nitro groups is 1. The van der Waals surface area contributed by atoms with Gasteiger partial charge in [-0.25, -0.2) is 0 Å². The number of nitro benzene ring substituents is 1. The van der Waals surface area contributed by atoms with Crippen molar-refractivity contribution in [1.29, 1.82) is 0 Å². The summed E-state index contributed by atoms with van der Waals surface area (Å²) in [5.41, 5.74) is 6.63. The fraction of sp³-hybridized carbons (Fsp3) is 0.400. The Morgan fingerprint density at radius 1 is 1.60 bits per heavy atom. The Bertz CT molecular complexity index is 406. The molecule has 0 heterocycles. The van der Waals surface area contributed by atoms with E-state index in [2.05, 4.69) is 0 Å². The largest absolute Gasteiger partial charge is 0.490 e. The molecular weight excluding hydrogens is 196 g/mol. The van der Waals surface area contributed by atoms with Crippen molar-refractivity contribution < 1.29 is 9.66 Å². The van der Waals surface area contributed by atoms with Crippen LogP contribution in [-0.4, -0.2) is 18.1 Å². The van der Waals surface area contributed by atoms with Gasteiger partial charge in [0.1, 0.15) is 0 Å². The molecule has 15 heavy (non-hydrogen) atoms. The molecule has 2 N–H and O–H groups in total. The molecule has 0 bridgehead atoms. The zero-order chi connectivity index (χ0) is 11.0. The first-order valence-corrected chi connectivity index (χ1v) is 4.71. The van der Waals surface area contributed by atoms with E-state index in [1.54, 1.807) is 12.1 Å². The van der Waals surface area contributed by atoms with E-state index in [0.29, 0.717) is 0 Å². The van der Waals surface area contributed by atoms with Crippen molar-refractivity contribution in [3.63, 3.8) is 0 Å². The van der Waals surface area contributed by atoms with E-state index < -0.39 is 4.92 Å². The summed E-state index contributed by atoms with van der Waals surface area (Å²) in [4.78, 5) is 10.3. The molecule has 5 nitrogen and oxygen atoms in total. The van der Waals surface area contributed by atoms with Crippen molar-refractivity contribution >= 4 is 5.69 Å². The first-order valence-electron chi connectivity index (χ1n) is 4.71. The van der Waals surface area contributed by atoms with E-state index in [4.69, 9.17) is 10.5 Å². The van der Waals surface area contributed by atoms with Crippen LogP contribution in [0.1, 0.15) is 17.9 Å². The molecule has 2 atom stereocenters. The third kappa shape index (κ3) is 1.78.